The number of benzene rings is 2. The number of aromatic nitrogens is 4. The molecule has 5 aromatic rings. The smallest absolute Gasteiger partial charge is 0.284 e. The molecule has 2 fully saturated rings. The molecular weight excluding hydrogens is 1080 g/mol. The molecule has 20 nitrogen and oxygen atoms in total. The quantitative estimate of drug-likeness (QED) is 0.0249. The molecule has 454 valence electrons. The standard InChI is InChI=1S/C62H83F2N11O9/c1-39(65-5)57(76)72-55(62(2,3)4)61(79)74-36-45-31-47(20-17-43(45)32-52(74)59(78)69-49-12-8-10-42-9-6-7-11-48(42)49)83-30-29-82-28-27-81-26-25-80-24-23-66-34-40-15-18-46(19-16-40)75-37-50(54(73-75)56(63)64)70-58(77)51-38-84-60(71-51)44-21-22-67-53(33-44)68-35-41-13-14-41/h6-7,9,11,17,20-22,31,33,37-41,46,49,52,55-56,65-66H,8,10,12-16,18-19,23-30,32,34-36H2,1-5H3,(H,67,68)(H,69,78)(H,70,77)(H,72,76)/t39-,40-,46-,49+,52-,55+/m0/s1. The van der Waals surface area contributed by atoms with Crippen LogP contribution in [-0.2, 0) is 48.0 Å². The molecule has 4 heterocycles. The van der Waals surface area contributed by atoms with E-state index in [0.717, 1.165) is 74.7 Å². The van der Waals surface area contributed by atoms with Crippen LogP contribution in [0.5, 0.6) is 5.75 Å². The number of carbonyl (C=O) groups excluding carboxylic acids is 4. The first kappa shape index (κ1) is 61.7. The van der Waals surface area contributed by atoms with Crippen LogP contribution < -0.4 is 36.6 Å². The maximum atomic E-state index is 14.7. The molecule has 0 bridgehead atoms. The average Bonchev–Trinajstić information content (AvgIpc) is 2.01. The highest BCUT2D eigenvalue weighted by Crippen LogP contribution is 2.37. The Kier molecular flexibility index (Phi) is 21.5. The summed E-state index contributed by atoms with van der Waals surface area (Å²) in [5.41, 5.74) is 3.58. The summed E-state index contributed by atoms with van der Waals surface area (Å²) in [5.74, 6) is 1.11. The average molecular weight is 1160 g/mol. The van der Waals surface area contributed by atoms with E-state index in [1.54, 1.807) is 41.9 Å². The zero-order chi connectivity index (χ0) is 59.2. The van der Waals surface area contributed by atoms with E-state index in [-0.39, 0.29) is 53.6 Å². The number of pyridine rings is 1. The first-order valence-electron chi connectivity index (χ1n) is 29.8. The molecule has 3 aromatic heterocycles. The molecule has 9 rings (SSSR count). The van der Waals surface area contributed by atoms with Crippen LogP contribution in [0.4, 0.5) is 20.3 Å². The number of anilines is 2. The summed E-state index contributed by atoms with van der Waals surface area (Å²) in [7, 11) is 1.69. The summed E-state index contributed by atoms with van der Waals surface area (Å²) >= 11 is 0. The Hall–Kier alpha value is -6.85. The van der Waals surface area contributed by atoms with Gasteiger partial charge in [0.1, 0.15) is 36.5 Å². The molecule has 2 saturated carbocycles. The number of oxazole rings is 1. The largest absolute Gasteiger partial charge is 0.491 e. The van der Waals surface area contributed by atoms with Gasteiger partial charge in [-0.05, 0) is 142 Å². The van der Waals surface area contributed by atoms with Gasteiger partial charge in [-0.2, -0.15) is 5.10 Å². The molecule has 3 aliphatic carbocycles. The molecule has 1 aliphatic heterocycles. The molecular formula is C62H83F2N11O9. The third-order valence-corrected chi connectivity index (χ3v) is 16.3. The molecule has 4 atom stereocenters. The van der Waals surface area contributed by atoms with Crippen molar-refractivity contribution in [2.45, 2.75) is 135 Å². The number of aryl methyl sites for hydroxylation is 1. The number of nitrogens with one attached hydrogen (secondary N) is 6. The van der Waals surface area contributed by atoms with Gasteiger partial charge in [-0.3, -0.25) is 23.9 Å². The SMILES string of the molecule is CN[C@@H](C)C(=O)N[C@H](C(=O)N1Cc2cc(OCCOCCOCCOCCNC[C@H]3CC[C@H](n4cc(NC(=O)c5coc(-c6ccnc(NCC7CC7)c6)n5)c(C(F)F)n4)CC3)ccc2C[C@H]1C(=O)N[C@@H]1CCCc2ccccc21)C(C)(C)C. The molecule has 6 N–H and O–H groups in total. The topological polar surface area (TPSA) is 237 Å². The molecule has 0 unspecified atom stereocenters. The fraction of sp³-hybridized carbons (Fsp3) is 0.565. The van der Waals surface area contributed by atoms with Crippen LogP contribution in [0, 0.1) is 17.3 Å². The Balaban J connectivity index is 0.642. The lowest BCUT2D eigenvalue weighted by Crippen LogP contribution is -2.62. The molecule has 22 heteroatoms. The van der Waals surface area contributed by atoms with Gasteiger partial charge in [-0.1, -0.05) is 51.1 Å². The number of hydrogen-bond acceptors (Lipinski definition) is 15. The Morgan fingerprint density at radius 1 is 0.833 bits per heavy atom. The normalized spacial score (nSPS) is 19.5. The highest BCUT2D eigenvalue weighted by atomic mass is 19.3. The van der Waals surface area contributed by atoms with E-state index < -0.39 is 41.6 Å². The van der Waals surface area contributed by atoms with Crippen molar-refractivity contribution in [3.05, 3.63) is 107 Å². The minimum Gasteiger partial charge on any atom is -0.491 e. The molecule has 0 radical (unpaired) electrons. The molecule has 0 saturated heterocycles. The van der Waals surface area contributed by atoms with E-state index >= 15 is 0 Å². The second kappa shape index (κ2) is 29.3. The van der Waals surface area contributed by atoms with Crippen LogP contribution in [0.15, 0.2) is 77.7 Å². The third kappa shape index (κ3) is 16.7. The Bertz CT molecular complexity index is 2990. The van der Waals surface area contributed by atoms with E-state index in [1.807, 2.05) is 51.1 Å². The lowest BCUT2D eigenvalue weighted by Gasteiger charge is -2.41. The van der Waals surface area contributed by atoms with E-state index in [9.17, 15) is 28.0 Å². The monoisotopic (exact) mass is 1160 g/mol. The van der Waals surface area contributed by atoms with Gasteiger partial charge in [-0.15, -0.1) is 0 Å². The number of rotatable bonds is 29. The number of amides is 4. The predicted molar refractivity (Wildman–Crippen MR) is 313 cm³/mol. The third-order valence-electron chi connectivity index (χ3n) is 16.3. The Morgan fingerprint density at radius 2 is 1.56 bits per heavy atom. The van der Waals surface area contributed by atoms with E-state index in [1.165, 1.54) is 30.9 Å². The van der Waals surface area contributed by atoms with Crippen molar-refractivity contribution >= 4 is 35.1 Å². The number of nitrogens with zero attached hydrogens (tertiary/aromatic N) is 5. The van der Waals surface area contributed by atoms with Crippen molar-refractivity contribution in [3.8, 4) is 17.2 Å². The van der Waals surface area contributed by atoms with Crippen LogP contribution in [0.3, 0.4) is 0 Å². The van der Waals surface area contributed by atoms with Crippen LogP contribution in [0.1, 0.15) is 136 Å². The molecule has 0 spiro atoms. The molecule has 4 aliphatic rings. The summed E-state index contributed by atoms with van der Waals surface area (Å²) in [4.78, 5) is 65.7. The number of ether oxygens (including phenoxy) is 4. The van der Waals surface area contributed by atoms with Crippen molar-refractivity contribution in [2.24, 2.45) is 17.3 Å². The van der Waals surface area contributed by atoms with Gasteiger partial charge in [0.05, 0.1) is 63.5 Å². The van der Waals surface area contributed by atoms with E-state index in [2.05, 4.69) is 59.1 Å². The lowest BCUT2D eigenvalue weighted by atomic mass is 9.83. The van der Waals surface area contributed by atoms with Crippen LogP contribution >= 0.6 is 0 Å². The van der Waals surface area contributed by atoms with Crippen molar-refractivity contribution in [3.63, 3.8) is 0 Å². The fourth-order valence-electron chi connectivity index (χ4n) is 11.1. The summed E-state index contributed by atoms with van der Waals surface area (Å²) in [6.07, 6.45) is 10.3. The number of hydrogen-bond donors (Lipinski definition) is 6. The first-order chi connectivity index (χ1) is 40.6. The molecule has 2 aromatic carbocycles. The highest BCUT2D eigenvalue weighted by molar-refractivity contribution is 6.03. The van der Waals surface area contributed by atoms with Gasteiger partial charge in [-0.25, -0.2) is 18.7 Å². The molecule has 84 heavy (non-hydrogen) atoms. The second-order valence-corrected chi connectivity index (χ2v) is 23.6. The van der Waals surface area contributed by atoms with Gasteiger partial charge >= 0.3 is 0 Å². The van der Waals surface area contributed by atoms with Gasteiger partial charge in [0.15, 0.2) is 11.4 Å². The summed E-state index contributed by atoms with van der Waals surface area (Å²) in [6.45, 7) is 12.8. The van der Waals surface area contributed by atoms with Crippen LogP contribution in [0.2, 0.25) is 0 Å². The Labute approximate surface area is 490 Å². The maximum absolute atomic E-state index is 14.7. The van der Waals surface area contributed by atoms with Crippen molar-refractivity contribution in [1.29, 1.82) is 0 Å². The number of carbonyl (C=O) groups is 4. The number of halogens is 2. The summed E-state index contributed by atoms with van der Waals surface area (Å²) in [6, 6.07) is 15.1. The summed E-state index contributed by atoms with van der Waals surface area (Å²) in [5, 5.41) is 22.8. The van der Waals surface area contributed by atoms with Crippen LogP contribution in [0.25, 0.3) is 11.5 Å². The fourth-order valence-corrected chi connectivity index (χ4v) is 11.1. The number of alkyl halides is 2. The van der Waals surface area contributed by atoms with E-state index in [0.29, 0.717) is 88.2 Å². The highest BCUT2D eigenvalue weighted by Gasteiger charge is 2.43. The first-order valence-corrected chi connectivity index (χ1v) is 29.8. The molecule has 4 amide bonds. The van der Waals surface area contributed by atoms with Gasteiger partial charge in [0.25, 0.3) is 12.3 Å². The number of fused-ring (bicyclic) bond motifs is 2. The summed E-state index contributed by atoms with van der Waals surface area (Å²) < 4.78 is 58.9. The van der Waals surface area contributed by atoms with Gasteiger partial charge in [0, 0.05) is 44.0 Å². The van der Waals surface area contributed by atoms with Crippen molar-refractivity contribution in [2.75, 3.05) is 83.6 Å². The predicted octanol–water partition coefficient (Wildman–Crippen LogP) is 7.98. The zero-order valence-corrected chi connectivity index (χ0v) is 49.1. The van der Waals surface area contributed by atoms with Crippen molar-refractivity contribution < 1.29 is 51.3 Å². The minimum atomic E-state index is -2.88. The maximum Gasteiger partial charge on any atom is 0.284 e. The van der Waals surface area contributed by atoms with Gasteiger partial charge in [0.2, 0.25) is 23.6 Å². The van der Waals surface area contributed by atoms with Gasteiger partial charge < -0.3 is 60.2 Å². The number of likely N-dealkylation sites (N-methyl/N-ethyl adjacent to an activating group) is 1. The Morgan fingerprint density at radius 3 is 2.30 bits per heavy atom. The van der Waals surface area contributed by atoms with Crippen molar-refractivity contribution in [1.82, 2.24) is 45.9 Å². The van der Waals surface area contributed by atoms with Crippen LogP contribution in [-0.4, -0.2) is 139 Å². The zero-order valence-electron chi connectivity index (χ0n) is 49.1. The minimum absolute atomic E-state index is 0.0388. The lowest BCUT2D eigenvalue weighted by molar-refractivity contribution is -0.147. The second-order valence-electron chi connectivity index (χ2n) is 23.6. The van der Waals surface area contributed by atoms with E-state index in [4.69, 9.17) is 23.4 Å².